The van der Waals surface area contributed by atoms with E-state index in [1.807, 2.05) is 6.92 Å². The maximum Gasteiger partial charge on any atom is 0.406 e. The second kappa shape index (κ2) is 6.73. The van der Waals surface area contributed by atoms with Crippen molar-refractivity contribution in [1.29, 1.82) is 0 Å². The molecule has 0 aromatic heterocycles. The fourth-order valence-corrected chi connectivity index (χ4v) is 1.19. The molecule has 1 amide bonds. The third-order valence-corrected chi connectivity index (χ3v) is 2.16. The van der Waals surface area contributed by atoms with E-state index < -0.39 is 24.7 Å². The number of halogens is 3. The van der Waals surface area contributed by atoms with E-state index >= 15 is 0 Å². The number of unbranched alkanes of at least 4 members (excludes halogenated alkanes) is 1. The summed E-state index contributed by atoms with van der Waals surface area (Å²) in [7, 11) is 1.30. The highest BCUT2D eigenvalue weighted by molar-refractivity contribution is 5.80. The third kappa shape index (κ3) is 5.95. The second-order valence-corrected chi connectivity index (χ2v) is 3.61. The summed E-state index contributed by atoms with van der Waals surface area (Å²) < 4.78 is 41.4. The van der Waals surface area contributed by atoms with Crippen molar-refractivity contribution in [1.82, 2.24) is 4.90 Å². The van der Waals surface area contributed by atoms with Gasteiger partial charge < -0.3 is 9.64 Å². The Kier molecular flexibility index (Phi) is 6.40. The standard InChI is InChI=1S/C10H18F3NO2/c1-4-5-6-14(7-10(11,12)13)9(15)8(2)16-3/h8H,4-7H2,1-3H3. The Labute approximate surface area is 93.6 Å². The Balaban J connectivity index is 4.47. The van der Waals surface area contributed by atoms with E-state index in [0.717, 1.165) is 11.3 Å². The van der Waals surface area contributed by atoms with Crippen LogP contribution in [-0.4, -0.2) is 43.3 Å². The lowest BCUT2D eigenvalue weighted by molar-refractivity contribution is -0.166. The SMILES string of the molecule is CCCCN(CC(F)(F)F)C(=O)C(C)OC. The maximum atomic E-state index is 12.2. The van der Waals surface area contributed by atoms with Crippen molar-refractivity contribution in [2.75, 3.05) is 20.2 Å². The second-order valence-electron chi connectivity index (χ2n) is 3.61. The summed E-state index contributed by atoms with van der Waals surface area (Å²) in [5.74, 6) is -0.617. The van der Waals surface area contributed by atoms with Gasteiger partial charge in [-0.25, -0.2) is 0 Å². The minimum atomic E-state index is -4.36. The normalized spacial score (nSPS) is 13.6. The molecular formula is C10H18F3NO2. The van der Waals surface area contributed by atoms with Crippen LogP contribution in [0, 0.1) is 0 Å². The maximum absolute atomic E-state index is 12.2. The Morgan fingerprint density at radius 3 is 2.38 bits per heavy atom. The molecule has 0 saturated heterocycles. The van der Waals surface area contributed by atoms with E-state index in [1.54, 1.807) is 0 Å². The van der Waals surface area contributed by atoms with Gasteiger partial charge in [0.25, 0.3) is 5.91 Å². The number of alkyl halides is 3. The molecule has 0 aliphatic heterocycles. The first-order valence-corrected chi connectivity index (χ1v) is 5.20. The summed E-state index contributed by atoms with van der Waals surface area (Å²) in [6, 6.07) is 0. The van der Waals surface area contributed by atoms with Crippen LogP contribution < -0.4 is 0 Å². The molecule has 0 radical (unpaired) electrons. The van der Waals surface area contributed by atoms with Gasteiger partial charge in [0.2, 0.25) is 0 Å². The van der Waals surface area contributed by atoms with Crippen molar-refractivity contribution in [2.24, 2.45) is 0 Å². The van der Waals surface area contributed by atoms with Crippen molar-refractivity contribution in [3.8, 4) is 0 Å². The zero-order chi connectivity index (χ0) is 12.8. The van der Waals surface area contributed by atoms with Crippen LogP contribution in [0.2, 0.25) is 0 Å². The van der Waals surface area contributed by atoms with E-state index in [9.17, 15) is 18.0 Å². The molecule has 0 rings (SSSR count). The first kappa shape index (κ1) is 15.2. The monoisotopic (exact) mass is 241 g/mol. The Bertz CT molecular complexity index is 219. The molecule has 0 bridgehead atoms. The predicted molar refractivity (Wildman–Crippen MR) is 54.0 cm³/mol. The molecule has 0 saturated carbocycles. The number of rotatable bonds is 6. The van der Waals surface area contributed by atoms with E-state index in [2.05, 4.69) is 0 Å². The van der Waals surface area contributed by atoms with Gasteiger partial charge in [0.05, 0.1) is 0 Å². The molecule has 0 aliphatic carbocycles. The van der Waals surface area contributed by atoms with Gasteiger partial charge >= 0.3 is 6.18 Å². The van der Waals surface area contributed by atoms with Crippen molar-refractivity contribution < 1.29 is 22.7 Å². The van der Waals surface area contributed by atoms with Crippen LogP contribution >= 0.6 is 0 Å². The molecule has 0 aromatic rings. The van der Waals surface area contributed by atoms with Crippen LogP contribution in [0.1, 0.15) is 26.7 Å². The van der Waals surface area contributed by atoms with E-state index in [4.69, 9.17) is 4.74 Å². The van der Waals surface area contributed by atoms with Crippen LogP contribution in [0.25, 0.3) is 0 Å². The lowest BCUT2D eigenvalue weighted by Gasteiger charge is -2.26. The summed E-state index contributed by atoms with van der Waals surface area (Å²) in [6.07, 6.45) is -3.91. The highest BCUT2D eigenvalue weighted by Crippen LogP contribution is 2.17. The van der Waals surface area contributed by atoms with Crippen molar-refractivity contribution in [3.63, 3.8) is 0 Å². The van der Waals surface area contributed by atoms with Crippen LogP contribution in [0.15, 0.2) is 0 Å². The molecule has 16 heavy (non-hydrogen) atoms. The van der Waals surface area contributed by atoms with Crippen molar-refractivity contribution >= 4 is 5.91 Å². The topological polar surface area (TPSA) is 29.5 Å². The largest absolute Gasteiger partial charge is 0.406 e. The number of amides is 1. The summed E-state index contributed by atoms with van der Waals surface area (Å²) in [5, 5.41) is 0. The van der Waals surface area contributed by atoms with E-state index in [-0.39, 0.29) is 6.54 Å². The first-order chi connectivity index (χ1) is 7.31. The molecule has 0 fully saturated rings. The molecule has 0 aromatic carbocycles. The summed E-state index contributed by atoms with van der Waals surface area (Å²) in [6.45, 7) is 2.20. The Morgan fingerprint density at radius 1 is 1.44 bits per heavy atom. The van der Waals surface area contributed by atoms with E-state index in [0.29, 0.717) is 6.42 Å². The molecule has 96 valence electrons. The molecule has 0 heterocycles. The van der Waals surface area contributed by atoms with Gasteiger partial charge in [-0.05, 0) is 13.3 Å². The lowest BCUT2D eigenvalue weighted by atomic mass is 10.2. The zero-order valence-corrected chi connectivity index (χ0v) is 9.80. The first-order valence-electron chi connectivity index (χ1n) is 5.20. The zero-order valence-electron chi connectivity index (χ0n) is 9.80. The molecule has 0 N–H and O–H groups in total. The number of methoxy groups -OCH3 is 1. The minimum Gasteiger partial charge on any atom is -0.372 e. The van der Waals surface area contributed by atoms with Crippen LogP contribution in [0.5, 0.6) is 0 Å². The van der Waals surface area contributed by atoms with Crippen LogP contribution in [-0.2, 0) is 9.53 Å². The number of carbonyl (C=O) groups excluding carboxylic acids is 1. The van der Waals surface area contributed by atoms with Gasteiger partial charge in [-0.1, -0.05) is 13.3 Å². The summed E-state index contributed by atoms with van der Waals surface area (Å²) >= 11 is 0. The van der Waals surface area contributed by atoms with Gasteiger partial charge in [0, 0.05) is 13.7 Å². The van der Waals surface area contributed by atoms with Crippen LogP contribution in [0.4, 0.5) is 13.2 Å². The van der Waals surface area contributed by atoms with Crippen molar-refractivity contribution in [2.45, 2.75) is 39.0 Å². The van der Waals surface area contributed by atoms with Gasteiger partial charge in [-0.2, -0.15) is 13.2 Å². The number of carbonyl (C=O) groups is 1. The fraction of sp³-hybridized carbons (Fsp3) is 0.900. The van der Waals surface area contributed by atoms with Gasteiger partial charge in [-0.15, -0.1) is 0 Å². The Hall–Kier alpha value is -0.780. The minimum absolute atomic E-state index is 0.114. The van der Waals surface area contributed by atoms with Crippen LogP contribution in [0.3, 0.4) is 0 Å². The van der Waals surface area contributed by atoms with Gasteiger partial charge in [0.15, 0.2) is 0 Å². The van der Waals surface area contributed by atoms with Gasteiger partial charge in [0.1, 0.15) is 12.6 Å². The quantitative estimate of drug-likeness (QED) is 0.713. The van der Waals surface area contributed by atoms with E-state index in [1.165, 1.54) is 14.0 Å². The molecular weight excluding hydrogens is 223 g/mol. The average molecular weight is 241 g/mol. The highest BCUT2D eigenvalue weighted by Gasteiger charge is 2.34. The molecule has 3 nitrogen and oxygen atoms in total. The predicted octanol–water partition coefficient (Wildman–Crippen LogP) is 2.21. The smallest absolute Gasteiger partial charge is 0.372 e. The molecule has 6 heteroatoms. The molecule has 1 unspecified atom stereocenters. The number of hydrogen-bond acceptors (Lipinski definition) is 2. The molecule has 0 aliphatic rings. The molecule has 0 spiro atoms. The lowest BCUT2D eigenvalue weighted by Crippen LogP contribution is -2.44. The summed E-state index contributed by atoms with van der Waals surface area (Å²) in [5.41, 5.74) is 0. The van der Waals surface area contributed by atoms with Gasteiger partial charge in [-0.3, -0.25) is 4.79 Å². The fourth-order valence-electron chi connectivity index (χ4n) is 1.19. The average Bonchev–Trinajstić information content (AvgIpc) is 2.20. The molecule has 1 atom stereocenters. The summed E-state index contributed by atoms with van der Waals surface area (Å²) in [4.78, 5) is 12.4. The Morgan fingerprint density at radius 2 is 2.00 bits per heavy atom. The highest BCUT2D eigenvalue weighted by atomic mass is 19.4. The third-order valence-electron chi connectivity index (χ3n) is 2.16. The number of nitrogens with zero attached hydrogens (tertiary/aromatic N) is 1. The number of ether oxygens (including phenoxy) is 1. The van der Waals surface area contributed by atoms with Crippen molar-refractivity contribution in [3.05, 3.63) is 0 Å². The number of hydrogen-bond donors (Lipinski definition) is 0.